The number of carbonyl (C=O) groups is 1. The van der Waals surface area contributed by atoms with E-state index >= 15 is 0 Å². The van der Waals surface area contributed by atoms with E-state index in [-0.39, 0.29) is 18.3 Å². The molecule has 1 fully saturated rings. The molecule has 21 heavy (non-hydrogen) atoms. The van der Waals surface area contributed by atoms with Gasteiger partial charge in [0.05, 0.1) is 0 Å². The minimum Gasteiger partial charge on any atom is -0.504 e. The molecule has 5 nitrogen and oxygen atoms in total. The van der Waals surface area contributed by atoms with Gasteiger partial charge >= 0.3 is 0 Å². The predicted octanol–water partition coefficient (Wildman–Crippen LogP) is 1.62. The number of benzene rings is 1. The number of carbonyl (C=O) groups excluding carboxylic acids is 1. The Bertz CT molecular complexity index is 476. The first-order chi connectivity index (χ1) is 10.1. The van der Waals surface area contributed by atoms with Gasteiger partial charge in [-0.05, 0) is 44.9 Å². The summed E-state index contributed by atoms with van der Waals surface area (Å²) < 4.78 is 5.30. The van der Waals surface area contributed by atoms with Crippen molar-refractivity contribution < 1.29 is 14.6 Å². The van der Waals surface area contributed by atoms with Gasteiger partial charge < -0.3 is 20.1 Å². The first kappa shape index (κ1) is 15.6. The van der Waals surface area contributed by atoms with Gasteiger partial charge in [-0.2, -0.15) is 0 Å². The molecule has 116 valence electrons. The number of rotatable bonds is 6. The Kier molecular flexibility index (Phi) is 5.44. The molecule has 0 radical (unpaired) electrons. The van der Waals surface area contributed by atoms with E-state index in [9.17, 15) is 9.90 Å². The lowest BCUT2D eigenvalue weighted by Crippen LogP contribution is -2.35. The van der Waals surface area contributed by atoms with Crippen molar-refractivity contribution in [3.05, 3.63) is 24.3 Å². The Morgan fingerprint density at radius 2 is 2.24 bits per heavy atom. The largest absolute Gasteiger partial charge is 0.504 e. The van der Waals surface area contributed by atoms with Crippen LogP contribution in [0.15, 0.2) is 24.3 Å². The molecule has 1 saturated heterocycles. The van der Waals surface area contributed by atoms with Crippen molar-refractivity contribution in [3.63, 3.8) is 0 Å². The number of nitrogens with zero attached hydrogens (tertiary/aromatic N) is 1. The molecule has 0 bridgehead atoms. The van der Waals surface area contributed by atoms with Crippen LogP contribution in [0.25, 0.3) is 0 Å². The van der Waals surface area contributed by atoms with E-state index in [0.717, 1.165) is 19.5 Å². The summed E-state index contributed by atoms with van der Waals surface area (Å²) in [5.41, 5.74) is 0. The number of nitrogens with one attached hydrogen (secondary N) is 1. The lowest BCUT2D eigenvalue weighted by molar-refractivity contribution is -0.123. The fraction of sp³-hybridized carbons (Fsp3) is 0.562. The summed E-state index contributed by atoms with van der Waals surface area (Å²) in [5, 5.41) is 12.4. The van der Waals surface area contributed by atoms with Gasteiger partial charge in [0.1, 0.15) is 0 Å². The van der Waals surface area contributed by atoms with Crippen molar-refractivity contribution in [2.75, 3.05) is 26.2 Å². The lowest BCUT2D eigenvalue weighted by atomic mass is 10.1. The number of likely N-dealkylation sites (tertiary alicyclic amines) is 1. The second kappa shape index (κ2) is 7.31. The van der Waals surface area contributed by atoms with Crippen LogP contribution in [0.3, 0.4) is 0 Å². The first-order valence-corrected chi connectivity index (χ1v) is 7.48. The van der Waals surface area contributed by atoms with Crippen LogP contribution < -0.4 is 10.1 Å². The second-order valence-corrected chi connectivity index (χ2v) is 5.80. The maximum absolute atomic E-state index is 11.8. The van der Waals surface area contributed by atoms with Gasteiger partial charge in [0.25, 0.3) is 5.91 Å². The summed E-state index contributed by atoms with van der Waals surface area (Å²) in [7, 11) is 0. The van der Waals surface area contributed by atoms with Gasteiger partial charge in [-0.15, -0.1) is 0 Å². The fourth-order valence-corrected chi connectivity index (χ4v) is 2.53. The molecule has 1 aliphatic heterocycles. The molecule has 1 amide bonds. The number of ether oxygens (including phenoxy) is 1. The third-order valence-corrected chi connectivity index (χ3v) is 3.86. The average Bonchev–Trinajstić information content (AvgIpc) is 2.93. The highest BCUT2D eigenvalue weighted by atomic mass is 16.5. The Hall–Kier alpha value is -1.75. The fourth-order valence-electron chi connectivity index (χ4n) is 2.53. The average molecular weight is 292 g/mol. The van der Waals surface area contributed by atoms with Crippen molar-refractivity contribution in [2.45, 2.75) is 26.3 Å². The van der Waals surface area contributed by atoms with Gasteiger partial charge in [-0.25, -0.2) is 0 Å². The zero-order valence-electron chi connectivity index (χ0n) is 12.7. The van der Waals surface area contributed by atoms with Crippen molar-refractivity contribution in [1.29, 1.82) is 0 Å². The standard InChI is InChI=1S/C16H24N2O3/c1-12(2)18-8-7-13(10-18)9-17-16(20)11-21-15-6-4-3-5-14(15)19/h3-6,12-13,19H,7-11H2,1-2H3,(H,17,20)/t13-/m0/s1. The number of amides is 1. The van der Waals surface area contributed by atoms with Crippen molar-refractivity contribution in [2.24, 2.45) is 5.92 Å². The zero-order chi connectivity index (χ0) is 15.2. The molecule has 0 aliphatic carbocycles. The third-order valence-electron chi connectivity index (χ3n) is 3.86. The van der Waals surface area contributed by atoms with E-state index in [4.69, 9.17) is 4.74 Å². The zero-order valence-corrected chi connectivity index (χ0v) is 12.7. The monoisotopic (exact) mass is 292 g/mol. The second-order valence-electron chi connectivity index (χ2n) is 5.80. The van der Waals surface area contributed by atoms with Crippen molar-refractivity contribution in [1.82, 2.24) is 10.2 Å². The van der Waals surface area contributed by atoms with Crippen LogP contribution >= 0.6 is 0 Å². The Balaban J connectivity index is 1.68. The van der Waals surface area contributed by atoms with E-state index in [0.29, 0.717) is 24.3 Å². The van der Waals surface area contributed by atoms with E-state index < -0.39 is 0 Å². The molecular formula is C16H24N2O3. The van der Waals surface area contributed by atoms with Crippen LogP contribution in [0.4, 0.5) is 0 Å². The third kappa shape index (κ3) is 4.63. The Morgan fingerprint density at radius 1 is 1.48 bits per heavy atom. The summed E-state index contributed by atoms with van der Waals surface area (Å²) in [6.07, 6.45) is 1.12. The summed E-state index contributed by atoms with van der Waals surface area (Å²) in [6, 6.07) is 7.20. The number of para-hydroxylation sites is 2. The highest BCUT2D eigenvalue weighted by Gasteiger charge is 2.24. The number of hydrogen-bond donors (Lipinski definition) is 2. The molecule has 2 N–H and O–H groups in total. The van der Waals surface area contributed by atoms with Gasteiger partial charge in [-0.3, -0.25) is 4.79 Å². The number of hydrogen-bond acceptors (Lipinski definition) is 4. The molecule has 0 unspecified atom stereocenters. The predicted molar refractivity (Wildman–Crippen MR) is 81.4 cm³/mol. The molecule has 1 atom stereocenters. The van der Waals surface area contributed by atoms with E-state index in [1.54, 1.807) is 18.2 Å². The molecule has 0 aromatic heterocycles. The molecule has 0 saturated carbocycles. The Labute approximate surface area is 125 Å². The Morgan fingerprint density at radius 3 is 2.90 bits per heavy atom. The number of aromatic hydroxyl groups is 1. The van der Waals surface area contributed by atoms with E-state index in [1.165, 1.54) is 6.07 Å². The molecule has 5 heteroatoms. The maximum atomic E-state index is 11.8. The summed E-state index contributed by atoms with van der Waals surface area (Å²) in [5.74, 6) is 0.746. The van der Waals surface area contributed by atoms with Gasteiger partial charge in [-0.1, -0.05) is 12.1 Å². The van der Waals surface area contributed by atoms with Crippen LogP contribution in [0.2, 0.25) is 0 Å². The summed E-state index contributed by atoms with van der Waals surface area (Å²) in [6.45, 7) is 7.15. The van der Waals surface area contributed by atoms with Crippen LogP contribution in [0.1, 0.15) is 20.3 Å². The smallest absolute Gasteiger partial charge is 0.257 e. The quantitative estimate of drug-likeness (QED) is 0.836. The topological polar surface area (TPSA) is 61.8 Å². The van der Waals surface area contributed by atoms with Crippen LogP contribution in [-0.4, -0.2) is 48.2 Å². The molecule has 1 aliphatic rings. The molecule has 1 aromatic rings. The highest BCUT2D eigenvalue weighted by molar-refractivity contribution is 5.77. The van der Waals surface area contributed by atoms with Gasteiger partial charge in [0.15, 0.2) is 18.1 Å². The number of phenols is 1. The van der Waals surface area contributed by atoms with Gasteiger partial charge in [0, 0.05) is 19.1 Å². The highest BCUT2D eigenvalue weighted by Crippen LogP contribution is 2.24. The number of phenolic OH excluding ortho intramolecular Hbond substituents is 1. The molecule has 1 aromatic carbocycles. The minimum atomic E-state index is -0.152. The molecule has 2 rings (SSSR count). The van der Waals surface area contributed by atoms with E-state index in [1.807, 2.05) is 0 Å². The van der Waals surface area contributed by atoms with Crippen molar-refractivity contribution in [3.8, 4) is 11.5 Å². The molecular weight excluding hydrogens is 268 g/mol. The molecule has 1 heterocycles. The SMILES string of the molecule is CC(C)N1CC[C@@H](CNC(=O)COc2ccccc2O)C1. The summed E-state index contributed by atoms with van der Waals surface area (Å²) in [4.78, 5) is 14.2. The van der Waals surface area contributed by atoms with Crippen LogP contribution in [0.5, 0.6) is 11.5 Å². The van der Waals surface area contributed by atoms with Gasteiger partial charge in [0.2, 0.25) is 0 Å². The molecule has 0 spiro atoms. The maximum Gasteiger partial charge on any atom is 0.257 e. The minimum absolute atomic E-state index is 0.0497. The normalized spacial score (nSPS) is 18.9. The lowest BCUT2D eigenvalue weighted by Gasteiger charge is -2.20. The first-order valence-electron chi connectivity index (χ1n) is 7.48. The summed E-state index contributed by atoms with van der Waals surface area (Å²) >= 11 is 0. The van der Waals surface area contributed by atoms with Crippen LogP contribution in [0, 0.1) is 5.92 Å². The van der Waals surface area contributed by atoms with Crippen molar-refractivity contribution >= 4 is 5.91 Å². The van der Waals surface area contributed by atoms with Crippen LogP contribution in [-0.2, 0) is 4.79 Å². The van der Waals surface area contributed by atoms with E-state index in [2.05, 4.69) is 24.1 Å².